The molecule has 0 aliphatic rings. The van der Waals surface area contributed by atoms with Gasteiger partial charge in [0.15, 0.2) is 11.0 Å². The molecule has 0 aliphatic heterocycles. The molecule has 2 rings (SSSR count). The van der Waals surface area contributed by atoms with Crippen molar-refractivity contribution in [1.29, 1.82) is 5.26 Å². The Morgan fingerprint density at radius 1 is 1.44 bits per heavy atom. The summed E-state index contributed by atoms with van der Waals surface area (Å²) in [5.74, 6) is 1.15. The molecule has 92 valence electrons. The molecule has 6 heteroatoms. The molecule has 0 unspecified atom stereocenters. The van der Waals surface area contributed by atoms with Gasteiger partial charge in [-0.2, -0.15) is 5.26 Å². The van der Waals surface area contributed by atoms with Gasteiger partial charge in [0, 0.05) is 17.1 Å². The molecule has 0 amide bonds. The quantitative estimate of drug-likeness (QED) is 0.806. The van der Waals surface area contributed by atoms with Crippen LogP contribution in [0.25, 0.3) is 11.4 Å². The molecular formula is C12H11ClN4S. The lowest BCUT2D eigenvalue weighted by atomic mass is 10.2. The molecule has 18 heavy (non-hydrogen) atoms. The number of hydrogen-bond donors (Lipinski definition) is 0. The molecule has 0 saturated carbocycles. The fourth-order valence-electron chi connectivity index (χ4n) is 1.62. The number of aromatic nitrogens is 3. The van der Waals surface area contributed by atoms with Crippen molar-refractivity contribution in [3.63, 3.8) is 0 Å². The number of halogens is 1. The van der Waals surface area contributed by atoms with Gasteiger partial charge in [0.2, 0.25) is 0 Å². The minimum Gasteiger partial charge on any atom is -0.302 e. The fraction of sp³-hybridized carbons (Fsp3) is 0.250. The second-order valence-corrected chi connectivity index (χ2v) is 4.89. The van der Waals surface area contributed by atoms with Crippen LogP contribution < -0.4 is 0 Å². The van der Waals surface area contributed by atoms with Crippen LogP contribution in [0.1, 0.15) is 6.92 Å². The Morgan fingerprint density at radius 2 is 2.28 bits per heavy atom. The predicted octanol–water partition coefficient (Wildman–Crippen LogP) is 3.23. The summed E-state index contributed by atoms with van der Waals surface area (Å²) in [5, 5.41) is 18.3. The molecule has 0 aliphatic carbocycles. The second-order valence-electron chi connectivity index (χ2n) is 3.51. The first-order valence-electron chi connectivity index (χ1n) is 5.45. The van der Waals surface area contributed by atoms with Crippen molar-refractivity contribution in [1.82, 2.24) is 14.8 Å². The molecule has 0 N–H and O–H groups in total. The summed E-state index contributed by atoms with van der Waals surface area (Å²) in [6, 6.07) is 9.60. The predicted molar refractivity (Wildman–Crippen MR) is 72.5 cm³/mol. The van der Waals surface area contributed by atoms with Gasteiger partial charge in [-0.15, -0.1) is 10.2 Å². The second kappa shape index (κ2) is 5.89. The summed E-state index contributed by atoms with van der Waals surface area (Å²) in [6.45, 7) is 2.77. The SMILES string of the molecule is CCn1c(SCC#N)nnc1-c1cccc(Cl)c1. The van der Waals surface area contributed by atoms with E-state index in [9.17, 15) is 0 Å². The van der Waals surface area contributed by atoms with E-state index < -0.39 is 0 Å². The topological polar surface area (TPSA) is 54.5 Å². The van der Waals surface area contributed by atoms with Gasteiger partial charge in [-0.25, -0.2) is 0 Å². The van der Waals surface area contributed by atoms with Crippen LogP contribution in [0.4, 0.5) is 0 Å². The Balaban J connectivity index is 2.40. The highest BCUT2D eigenvalue weighted by Crippen LogP contribution is 2.25. The third-order valence-electron chi connectivity index (χ3n) is 2.38. The normalized spacial score (nSPS) is 10.3. The van der Waals surface area contributed by atoms with Crippen LogP contribution in [0.15, 0.2) is 29.4 Å². The zero-order valence-electron chi connectivity index (χ0n) is 9.80. The Hall–Kier alpha value is -1.51. The highest BCUT2D eigenvalue weighted by atomic mass is 35.5. The van der Waals surface area contributed by atoms with E-state index in [1.165, 1.54) is 11.8 Å². The minimum absolute atomic E-state index is 0.369. The van der Waals surface area contributed by atoms with Crippen LogP contribution in [-0.2, 0) is 6.54 Å². The van der Waals surface area contributed by atoms with E-state index in [4.69, 9.17) is 16.9 Å². The lowest BCUT2D eigenvalue weighted by molar-refractivity contribution is 0.688. The van der Waals surface area contributed by atoms with Gasteiger partial charge in [-0.3, -0.25) is 0 Å². The number of nitriles is 1. The summed E-state index contributed by atoms with van der Waals surface area (Å²) in [7, 11) is 0. The molecule has 0 spiro atoms. The lowest BCUT2D eigenvalue weighted by Gasteiger charge is -2.06. The summed E-state index contributed by atoms with van der Waals surface area (Å²) in [6.07, 6.45) is 0. The molecular weight excluding hydrogens is 268 g/mol. The van der Waals surface area contributed by atoms with Crippen molar-refractivity contribution in [2.45, 2.75) is 18.6 Å². The van der Waals surface area contributed by atoms with Crippen LogP contribution in [0, 0.1) is 11.3 Å². The summed E-state index contributed by atoms with van der Waals surface area (Å²) >= 11 is 7.36. The van der Waals surface area contributed by atoms with E-state index in [0.717, 1.165) is 23.1 Å². The Bertz CT molecular complexity index is 588. The van der Waals surface area contributed by atoms with Gasteiger partial charge in [0.25, 0.3) is 0 Å². The van der Waals surface area contributed by atoms with Gasteiger partial charge >= 0.3 is 0 Å². The summed E-state index contributed by atoms with van der Waals surface area (Å²) < 4.78 is 1.98. The summed E-state index contributed by atoms with van der Waals surface area (Å²) in [5.41, 5.74) is 0.931. The minimum atomic E-state index is 0.369. The maximum atomic E-state index is 8.61. The molecule has 0 saturated heterocycles. The molecule has 0 bridgehead atoms. The van der Waals surface area contributed by atoms with E-state index in [1.54, 1.807) is 0 Å². The van der Waals surface area contributed by atoms with E-state index in [-0.39, 0.29) is 0 Å². The Kier molecular flexibility index (Phi) is 4.24. The van der Waals surface area contributed by atoms with Crippen LogP contribution >= 0.6 is 23.4 Å². The maximum absolute atomic E-state index is 8.61. The number of hydrogen-bond acceptors (Lipinski definition) is 4. The maximum Gasteiger partial charge on any atom is 0.192 e. The molecule has 4 nitrogen and oxygen atoms in total. The molecule has 1 aromatic carbocycles. The standard InChI is InChI=1S/C12H11ClN4S/c1-2-17-11(9-4-3-5-10(13)8-9)15-16-12(17)18-7-6-14/h3-5,8H,2,7H2,1H3. The van der Waals surface area contributed by atoms with E-state index in [1.807, 2.05) is 35.8 Å². The van der Waals surface area contributed by atoms with E-state index in [0.29, 0.717) is 10.8 Å². The van der Waals surface area contributed by atoms with Gasteiger partial charge in [0.05, 0.1) is 11.8 Å². The summed E-state index contributed by atoms with van der Waals surface area (Å²) in [4.78, 5) is 0. The molecule has 0 radical (unpaired) electrons. The van der Waals surface area contributed by atoms with Gasteiger partial charge in [-0.05, 0) is 19.1 Å². The van der Waals surface area contributed by atoms with Crippen molar-refractivity contribution in [2.24, 2.45) is 0 Å². The van der Waals surface area contributed by atoms with Crippen LogP contribution in [0.5, 0.6) is 0 Å². The zero-order valence-corrected chi connectivity index (χ0v) is 11.4. The van der Waals surface area contributed by atoms with Crippen molar-refractivity contribution in [3.05, 3.63) is 29.3 Å². The first-order valence-corrected chi connectivity index (χ1v) is 6.81. The monoisotopic (exact) mass is 278 g/mol. The third-order valence-corrected chi connectivity index (χ3v) is 3.45. The molecule has 0 fully saturated rings. The highest BCUT2D eigenvalue weighted by molar-refractivity contribution is 7.99. The van der Waals surface area contributed by atoms with Gasteiger partial charge in [-0.1, -0.05) is 35.5 Å². The number of rotatable bonds is 4. The van der Waals surface area contributed by atoms with Crippen molar-refractivity contribution >= 4 is 23.4 Å². The Morgan fingerprint density at radius 3 is 2.94 bits per heavy atom. The zero-order chi connectivity index (χ0) is 13.0. The molecule has 1 heterocycles. The van der Waals surface area contributed by atoms with Crippen LogP contribution in [0.3, 0.4) is 0 Å². The highest BCUT2D eigenvalue weighted by Gasteiger charge is 2.12. The van der Waals surface area contributed by atoms with Crippen molar-refractivity contribution < 1.29 is 0 Å². The van der Waals surface area contributed by atoms with E-state index >= 15 is 0 Å². The van der Waals surface area contributed by atoms with Crippen molar-refractivity contribution in [2.75, 3.05) is 5.75 Å². The average molecular weight is 279 g/mol. The Labute approximate surface area is 115 Å². The van der Waals surface area contributed by atoms with Crippen LogP contribution in [-0.4, -0.2) is 20.5 Å². The van der Waals surface area contributed by atoms with E-state index in [2.05, 4.69) is 16.3 Å². The van der Waals surface area contributed by atoms with Crippen LogP contribution in [0.2, 0.25) is 5.02 Å². The molecule has 1 aromatic heterocycles. The van der Waals surface area contributed by atoms with Gasteiger partial charge < -0.3 is 4.57 Å². The fourth-order valence-corrected chi connectivity index (χ4v) is 2.47. The third kappa shape index (κ3) is 2.66. The smallest absolute Gasteiger partial charge is 0.192 e. The lowest BCUT2D eigenvalue weighted by Crippen LogP contribution is -1.99. The molecule has 2 aromatic rings. The number of nitrogens with zero attached hydrogens (tertiary/aromatic N) is 4. The van der Waals surface area contributed by atoms with Crippen molar-refractivity contribution in [3.8, 4) is 17.5 Å². The largest absolute Gasteiger partial charge is 0.302 e. The average Bonchev–Trinajstić information content (AvgIpc) is 2.79. The first kappa shape index (κ1) is 12.9. The first-order chi connectivity index (χ1) is 8.76. The molecule has 0 atom stereocenters. The number of benzene rings is 1. The number of thioether (sulfide) groups is 1. The van der Waals surface area contributed by atoms with Gasteiger partial charge in [0.1, 0.15) is 0 Å².